The number of carbonyl (C=O) groups excluding carboxylic acids is 1. The van der Waals surface area contributed by atoms with Crippen molar-refractivity contribution in [3.05, 3.63) is 35.2 Å². The fraction of sp³-hybridized carbons (Fsp3) is 0.471. The summed E-state index contributed by atoms with van der Waals surface area (Å²) >= 11 is 1.60. The molecule has 21 heavy (non-hydrogen) atoms. The molecule has 0 aliphatic heterocycles. The Kier molecular flexibility index (Phi) is 4.27. The highest BCUT2D eigenvalue weighted by atomic mass is 32.1. The van der Waals surface area contributed by atoms with Crippen LogP contribution in [-0.2, 0) is 0 Å². The smallest absolute Gasteiger partial charge is 0.264 e. The summed E-state index contributed by atoms with van der Waals surface area (Å²) in [5, 5.41) is 1.16. The number of carbonyl (C=O) groups is 1. The van der Waals surface area contributed by atoms with Gasteiger partial charge in [-0.2, -0.15) is 0 Å². The first kappa shape index (κ1) is 14.5. The van der Waals surface area contributed by atoms with Gasteiger partial charge in [0.25, 0.3) is 5.91 Å². The van der Waals surface area contributed by atoms with Gasteiger partial charge in [0.15, 0.2) is 0 Å². The maximum Gasteiger partial charge on any atom is 0.264 e. The van der Waals surface area contributed by atoms with Crippen molar-refractivity contribution in [3.63, 3.8) is 0 Å². The molecule has 1 aromatic carbocycles. The molecule has 1 aromatic heterocycles. The summed E-state index contributed by atoms with van der Waals surface area (Å²) in [7, 11) is 0. The molecular weight excluding hydrogens is 280 g/mol. The SMILES string of the molecule is CCN(C(=O)c1cc2ccccc2s1)C1CCC(N)CC1. The molecule has 1 aliphatic rings. The number of nitrogens with zero attached hydrogens (tertiary/aromatic N) is 1. The van der Waals surface area contributed by atoms with Crippen molar-refractivity contribution in [2.45, 2.75) is 44.7 Å². The van der Waals surface area contributed by atoms with E-state index in [0.717, 1.165) is 42.5 Å². The van der Waals surface area contributed by atoms with Crippen molar-refractivity contribution in [3.8, 4) is 0 Å². The Morgan fingerprint density at radius 1 is 1.29 bits per heavy atom. The number of hydrogen-bond donors (Lipinski definition) is 1. The Morgan fingerprint density at radius 2 is 2.00 bits per heavy atom. The second-order valence-corrected chi connectivity index (χ2v) is 6.89. The molecule has 112 valence electrons. The van der Waals surface area contributed by atoms with Crippen LogP contribution in [-0.4, -0.2) is 29.4 Å². The van der Waals surface area contributed by atoms with Gasteiger partial charge in [-0.1, -0.05) is 18.2 Å². The van der Waals surface area contributed by atoms with E-state index in [4.69, 9.17) is 5.73 Å². The van der Waals surface area contributed by atoms with Gasteiger partial charge < -0.3 is 10.6 Å². The quantitative estimate of drug-likeness (QED) is 0.941. The molecule has 1 aliphatic carbocycles. The summed E-state index contributed by atoms with van der Waals surface area (Å²) in [6.45, 7) is 2.84. The minimum Gasteiger partial charge on any atom is -0.335 e. The second kappa shape index (κ2) is 6.16. The van der Waals surface area contributed by atoms with Crippen LogP contribution in [0, 0.1) is 0 Å². The van der Waals surface area contributed by atoms with Crippen LogP contribution in [0.1, 0.15) is 42.3 Å². The first-order valence-corrected chi connectivity index (χ1v) is 8.56. The first-order chi connectivity index (χ1) is 10.2. The third kappa shape index (κ3) is 2.97. The van der Waals surface area contributed by atoms with Crippen LogP contribution in [0.2, 0.25) is 0 Å². The van der Waals surface area contributed by atoms with Gasteiger partial charge >= 0.3 is 0 Å². The fourth-order valence-corrected chi connectivity index (χ4v) is 4.23. The van der Waals surface area contributed by atoms with E-state index in [1.54, 1.807) is 11.3 Å². The van der Waals surface area contributed by atoms with E-state index in [2.05, 4.69) is 19.1 Å². The Balaban J connectivity index is 1.81. The van der Waals surface area contributed by atoms with Crippen LogP contribution in [0.5, 0.6) is 0 Å². The standard InChI is InChI=1S/C17H22N2OS/c1-2-19(14-9-7-13(18)8-10-14)17(20)16-11-12-5-3-4-6-15(12)21-16/h3-6,11,13-14H,2,7-10,18H2,1H3. The predicted molar refractivity (Wildman–Crippen MR) is 88.8 cm³/mol. The highest BCUT2D eigenvalue weighted by Gasteiger charge is 2.28. The first-order valence-electron chi connectivity index (χ1n) is 7.74. The molecule has 1 heterocycles. The normalized spacial score (nSPS) is 22.4. The van der Waals surface area contributed by atoms with E-state index in [1.807, 2.05) is 23.1 Å². The number of rotatable bonds is 3. The maximum atomic E-state index is 12.8. The van der Waals surface area contributed by atoms with Crippen LogP contribution in [0.3, 0.4) is 0 Å². The predicted octanol–water partition coefficient (Wildman–Crippen LogP) is 3.63. The van der Waals surface area contributed by atoms with Gasteiger partial charge in [-0.3, -0.25) is 4.79 Å². The third-order valence-electron chi connectivity index (χ3n) is 4.42. The Morgan fingerprint density at radius 3 is 2.67 bits per heavy atom. The molecule has 0 bridgehead atoms. The summed E-state index contributed by atoms with van der Waals surface area (Å²) in [4.78, 5) is 15.7. The highest BCUT2D eigenvalue weighted by molar-refractivity contribution is 7.20. The summed E-state index contributed by atoms with van der Waals surface area (Å²) < 4.78 is 1.18. The highest BCUT2D eigenvalue weighted by Crippen LogP contribution is 2.29. The van der Waals surface area contributed by atoms with E-state index in [0.29, 0.717) is 12.1 Å². The Labute approximate surface area is 129 Å². The molecule has 0 saturated heterocycles. The van der Waals surface area contributed by atoms with Crippen LogP contribution in [0.4, 0.5) is 0 Å². The van der Waals surface area contributed by atoms with Gasteiger partial charge in [0.1, 0.15) is 0 Å². The van der Waals surface area contributed by atoms with Gasteiger partial charge in [-0.05, 0) is 50.1 Å². The zero-order valence-corrected chi connectivity index (χ0v) is 13.2. The number of fused-ring (bicyclic) bond motifs is 1. The summed E-state index contributed by atoms with van der Waals surface area (Å²) in [6.07, 6.45) is 4.12. The van der Waals surface area contributed by atoms with E-state index in [9.17, 15) is 4.79 Å². The summed E-state index contributed by atoms with van der Waals surface area (Å²) in [6, 6.07) is 10.9. The summed E-state index contributed by atoms with van der Waals surface area (Å²) in [5.41, 5.74) is 5.98. The monoisotopic (exact) mass is 302 g/mol. The van der Waals surface area contributed by atoms with E-state index < -0.39 is 0 Å². The molecule has 0 atom stereocenters. The molecular formula is C17H22N2OS. The van der Waals surface area contributed by atoms with Crippen molar-refractivity contribution in [1.29, 1.82) is 0 Å². The average Bonchev–Trinajstić information content (AvgIpc) is 2.93. The molecule has 1 saturated carbocycles. The lowest BCUT2D eigenvalue weighted by Crippen LogP contribution is -2.43. The van der Waals surface area contributed by atoms with Crippen molar-refractivity contribution >= 4 is 27.3 Å². The lowest BCUT2D eigenvalue weighted by Gasteiger charge is -2.35. The molecule has 2 aromatic rings. The van der Waals surface area contributed by atoms with E-state index in [1.165, 1.54) is 4.70 Å². The zero-order chi connectivity index (χ0) is 14.8. The van der Waals surface area contributed by atoms with Crippen LogP contribution in [0.15, 0.2) is 30.3 Å². The number of nitrogens with two attached hydrogens (primary N) is 1. The number of amides is 1. The molecule has 3 rings (SSSR count). The lowest BCUT2D eigenvalue weighted by molar-refractivity contribution is 0.0646. The van der Waals surface area contributed by atoms with Crippen LogP contribution >= 0.6 is 11.3 Å². The minimum absolute atomic E-state index is 0.180. The minimum atomic E-state index is 0.180. The van der Waals surface area contributed by atoms with Crippen molar-refractivity contribution < 1.29 is 4.79 Å². The number of thiophene rings is 1. The van der Waals surface area contributed by atoms with Gasteiger partial charge in [-0.15, -0.1) is 11.3 Å². The number of hydrogen-bond acceptors (Lipinski definition) is 3. The van der Waals surface area contributed by atoms with Gasteiger partial charge in [0.2, 0.25) is 0 Å². The molecule has 1 fully saturated rings. The van der Waals surface area contributed by atoms with Crippen LogP contribution < -0.4 is 5.73 Å². The second-order valence-electron chi connectivity index (χ2n) is 5.81. The Hall–Kier alpha value is -1.39. The lowest BCUT2D eigenvalue weighted by atomic mass is 9.90. The van der Waals surface area contributed by atoms with Gasteiger partial charge in [0.05, 0.1) is 4.88 Å². The van der Waals surface area contributed by atoms with Crippen LogP contribution in [0.25, 0.3) is 10.1 Å². The van der Waals surface area contributed by atoms with E-state index in [-0.39, 0.29) is 5.91 Å². The van der Waals surface area contributed by atoms with Crippen molar-refractivity contribution in [1.82, 2.24) is 4.90 Å². The number of benzene rings is 1. The fourth-order valence-electron chi connectivity index (χ4n) is 3.21. The molecule has 0 unspecified atom stereocenters. The summed E-state index contributed by atoms with van der Waals surface area (Å²) in [5.74, 6) is 0.180. The molecule has 1 amide bonds. The molecule has 3 nitrogen and oxygen atoms in total. The average molecular weight is 302 g/mol. The van der Waals surface area contributed by atoms with Crippen molar-refractivity contribution in [2.24, 2.45) is 5.73 Å². The molecule has 0 spiro atoms. The largest absolute Gasteiger partial charge is 0.335 e. The molecule has 4 heteroatoms. The van der Waals surface area contributed by atoms with Crippen molar-refractivity contribution in [2.75, 3.05) is 6.54 Å². The van der Waals surface area contributed by atoms with Gasteiger partial charge in [-0.25, -0.2) is 0 Å². The Bertz CT molecular complexity index is 596. The third-order valence-corrected chi connectivity index (χ3v) is 5.52. The van der Waals surface area contributed by atoms with Gasteiger partial charge in [0, 0.05) is 23.3 Å². The zero-order valence-electron chi connectivity index (χ0n) is 12.4. The maximum absolute atomic E-state index is 12.8. The topological polar surface area (TPSA) is 46.3 Å². The van der Waals surface area contributed by atoms with E-state index >= 15 is 0 Å². The molecule has 2 N–H and O–H groups in total. The molecule has 0 radical (unpaired) electrons.